The zero-order chi connectivity index (χ0) is 25.5. The van der Waals surface area contributed by atoms with Gasteiger partial charge in [0.25, 0.3) is 11.6 Å². The second kappa shape index (κ2) is 9.13. The van der Waals surface area contributed by atoms with Crippen molar-refractivity contribution in [3.8, 4) is 0 Å². The van der Waals surface area contributed by atoms with Crippen LogP contribution in [0.1, 0.15) is 38.8 Å². The lowest BCUT2D eigenvalue weighted by molar-refractivity contribution is -0.384. The first-order valence-corrected chi connectivity index (χ1v) is 11.9. The van der Waals surface area contributed by atoms with Crippen molar-refractivity contribution >= 4 is 34.9 Å². The smallest absolute Gasteiger partial charge is 0.326 e. The van der Waals surface area contributed by atoms with E-state index in [1.165, 1.54) is 11.0 Å². The van der Waals surface area contributed by atoms with Gasteiger partial charge in [0.05, 0.1) is 11.6 Å². The topological polar surface area (TPSA) is 99.0 Å². The van der Waals surface area contributed by atoms with Crippen LogP contribution in [0.3, 0.4) is 0 Å². The molecule has 2 saturated heterocycles. The number of piperazine rings is 1. The number of nitro groups is 1. The van der Waals surface area contributed by atoms with Gasteiger partial charge in [0.15, 0.2) is 0 Å². The number of nitrogens with one attached hydrogen (secondary N) is 1. The molecule has 2 aliphatic heterocycles. The van der Waals surface area contributed by atoms with Gasteiger partial charge in [-0.25, -0.2) is 9.69 Å². The number of nitrogens with zero attached hydrogens (tertiary/aromatic N) is 4. The molecule has 2 aromatic carbocycles. The van der Waals surface area contributed by atoms with Crippen LogP contribution in [0.2, 0.25) is 5.02 Å². The molecule has 0 aliphatic carbocycles. The van der Waals surface area contributed by atoms with Crippen LogP contribution in [-0.4, -0.2) is 59.5 Å². The molecule has 1 unspecified atom stereocenters. The van der Waals surface area contributed by atoms with E-state index < -0.39 is 16.5 Å². The molecule has 186 valence electrons. The van der Waals surface area contributed by atoms with Crippen LogP contribution < -0.4 is 10.2 Å². The molecule has 10 heteroatoms. The number of rotatable bonds is 5. The zero-order valence-corrected chi connectivity index (χ0v) is 21.1. The minimum Gasteiger partial charge on any atom is -0.363 e. The lowest BCUT2D eigenvalue weighted by atomic mass is 9.84. The Hall–Kier alpha value is -3.17. The predicted molar refractivity (Wildman–Crippen MR) is 135 cm³/mol. The molecule has 2 heterocycles. The number of carbonyl (C=O) groups excluding carboxylic acids is 2. The van der Waals surface area contributed by atoms with Crippen molar-refractivity contribution in [3.05, 3.63) is 68.7 Å². The van der Waals surface area contributed by atoms with Crippen molar-refractivity contribution in [1.82, 2.24) is 15.1 Å². The molecule has 2 fully saturated rings. The molecule has 4 rings (SSSR count). The van der Waals surface area contributed by atoms with E-state index in [1.807, 2.05) is 34.1 Å². The third-order valence-electron chi connectivity index (χ3n) is 6.79. The molecular weight excluding hydrogens is 470 g/mol. The molecule has 9 nitrogen and oxygen atoms in total. The fourth-order valence-corrected chi connectivity index (χ4v) is 4.73. The largest absolute Gasteiger partial charge is 0.363 e. The minimum absolute atomic E-state index is 0.0109. The predicted octanol–water partition coefficient (Wildman–Crippen LogP) is 4.09. The number of hydrogen-bond acceptors (Lipinski definition) is 6. The summed E-state index contributed by atoms with van der Waals surface area (Å²) in [6.07, 6.45) is 0. The molecule has 0 aromatic heterocycles. The van der Waals surface area contributed by atoms with Gasteiger partial charge in [0.1, 0.15) is 11.2 Å². The highest BCUT2D eigenvalue weighted by atomic mass is 35.5. The number of urea groups is 1. The molecule has 0 radical (unpaired) electrons. The van der Waals surface area contributed by atoms with Gasteiger partial charge in [-0.1, -0.05) is 56.6 Å². The summed E-state index contributed by atoms with van der Waals surface area (Å²) < 4.78 is 0. The van der Waals surface area contributed by atoms with Crippen LogP contribution in [-0.2, 0) is 15.7 Å². The van der Waals surface area contributed by atoms with Gasteiger partial charge >= 0.3 is 6.03 Å². The number of halogens is 1. The standard InChI is InChI=1S/C25H30ClN5O4/c1-24(2,3)17-5-7-18(8-6-17)25(4)22(32)30(23(33)27-25)16-28-11-13-29(14-12-28)20-10-9-19(26)15-21(20)31(34)35/h5-10,15H,11-14,16H2,1-4H3,(H,27,33). The molecule has 0 bridgehead atoms. The normalized spacial score (nSPS) is 21.4. The van der Waals surface area contributed by atoms with E-state index in [4.69, 9.17) is 11.6 Å². The van der Waals surface area contributed by atoms with Crippen molar-refractivity contribution in [2.45, 2.75) is 38.6 Å². The zero-order valence-electron chi connectivity index (χ0n) is 20.4. The summed E-state index contributed by atoms with van der Waals surface area (Å²) >= 11 is 5.93. The summed E-state index contributed by atoms with van der Waals surface area (Å²) in [4.78, 5) is 42.3. The SMILES string of the molecule is CC(C)(C)c1ccc(C2(C)NC(=O)N(CN3CCN(c4ccc(Cl)cc4[N+](=O)[O-])CC3)C2=O)cc1. The van der Waals surface area contributed by atoms with Gasteiger partial charge < -0.3 is 10.2 Å². The van der Waals surface area contributed by atoms with Gasteiger partial charge in [-0.05, 0) is 35.6 Å². The first-order chi connectivity index (χ1) is 16.4. The summed E-state index contributed by atoms with van der Waals surface area (Å²) in [7, 11) is 0. The van der Waals surface area contributed by atoms with Crippen LogP contribution in [0.5, 0.6) is 0 Å². The van der Waals surface area contributed by atoms with Crippen molar-refractivity contribution in [1.29, 1.82) is 0 Å². The van der Waals surface area contributed by atoms with Crippen LogP contribution in [0.15, 0.2) is 42.5 Å². The first kappa shape index (κ1) is 24.9. The highest BCUT2D eigenvalue weighted by molar-refractivity contribution is 6.30. The van der Waals surface area contributed by atoms with Gasteiger partial charge in [0, 0.05) is 37.3 Å². The molecule has 1 atom stereocenters. The molecule has 2 aliphatic rings. The number of hydrogen-bond donors (Lipinski definition) is 1. The number of imide groups is 1. The van der Waals surface area contributed by atoms with Crippen LogP contribution in [0, 0.1) is 10.1 Å². The molecule has 0 saturated carbocycles. The highest BCUT2D eigenvalue weighted by Gasteiger charge is 2.49. The molecule has 0 spiro atoms. The van der Waals surface area contributed by atoms with Crippen molar-refractivity contribution in [3.63, 3.8) is 0 Å². The Morgan fingerprint density at radius 3 is 2.26 bits per heavy atom. The van der Waals surface area contributed by atoms with Gasteiger partial charge in [0.2, 0.25) is 0 Å². The summed E-state index contributed by atoms with van der Waals surface area (Å²) in [5, 5.41) is 14.6. The van der Waals surface area contributed by atoms with E-state index in [0.29, 0.717) is 36.9 Å². The molecule has 3 amide bonds. The fourth-order valence-electron chi connectivity index (χ4n) is 4.57. The number of carbonyl (C=O) groups is 2. The Kier molecular flexibility index (Phi) is 6.50. The van der Waals surface area contributed by atoms with E-state index in [0.717, 1.165) is 11.1 Å². The quantitative estimate of drug-likeness (QED) is 0.378. The van der Waals surface area contributed by atoms with E-state index in [9.17, 15) is 19.7 Å². The van der Waals surface area contributed by atoms with Crippen molar-refractivity contribution in [2.75, 3.05) is 37.7 Å². The highest BCUT2D eigenvalue weighted by Crippen LogP contribution is 2.33. The fraction of sp³-hybridized carbons (Fsp3) is 0.440. The monoisotopic (exact) mass is 499 g/mol. The van der Waals surface area contributed by atoms with Gasteiger partial charge in [-0.15, -0.1) is 0 Å². The summed E-state index contributed by atoms with van der Waals surface area (Å²) in [5.41, 5.74) is 1.24. The van der Waals surface area contributed by atoms with E-state index in [-0.39, 0.29) is 23.7 Å². The lowest BCUT2D eigenvalue weighted by Crippen LogP contribution is -2.51. The third-order valence-corrected chi connectivity index (χ3v) is 7.03. The van der Waals surface area contributed by atoms with E-state index >= 15 is 0 Å². The number of amides is 3. The van der Waals surface area contributed by atoms with E-state index in [2.05, 4.69) is 26.1 Å². The second-order valence-corrected chi connectivity index (χ2v) is 10.7. The molecule has 2 aromatic rings. The van der Waals surface area contributed by atoms with Crippen LogP contribution in [0.25, 0.3) is 0 Å². The summed E-state index contributed by atoms with van der Waals surface area (Å²) in [6.45, 7) is 10.4. The minimum atomic E-state index is -1.13. The van der Waals surface area contributed by atoms with Crippen LogP contribution in [0.4, 0.5) is 16.2 Å². The third kappa shape index (κ3) is 4.83. The van der Waals surface area contributed by atoms with Crippen molar-refractivity contribution < 1.29 is 14.5 Å². The first-order valence-electron chi connectivity index (χ1n) is 11.6. The maximum atomic E-state index is 13.3. The average molecular weight is 500 g/mol. The maximum absolute atomic E-state index is 13.3. The Balaban J connectivity index is 1.43. The maximum Gasteiger partial charge on any atom is 0.326 e. The lowest BCUT2D eigenvalue weighted by Gasteiger charge is -2.37. The second-order valence-electron chi connectivity index (χ2n) is 10.3. The summed E-state index contributed by atoms with van der Waals surface area (Å²) in [5.74, 6) is -0.290. The molecular formula is C25H30ClN5O4. The average Bonchev–Trinajstić information content (AvgIpc) is 3.03. The number of anilines is 1. The summed E-state index contributed by atoms with van der Waals surface area (Å²) in [6, 6.07) is 12.0. The molecule has 1 N–H and O–H groups in total. The van der Waals surface area contributed by atoms with E-state index in [1.54, 1.807) is 19.1 Å². The van der Waals surface area contributed by atoms with Gasteiger partial charge in [-0.3, -0.25) is 19.8 Å². The van der Waals surface area contributed by atoms with Crippen molar-refractivity contribution in [2.24, 2.45) is 0 Å². The Bertz CT molecular complexity index is 1160. The Morgan fingerprint density at radius 1 is 1.06 bits per heavy atom. The van der Waals surface area contributed by atoms with Gasteiger partial charge in [-0.2, -0.15) is 0 Å². The molecule has 35 heavy (non-hydrogen) atoms. The Labute approximate surface area is 209 Å². The number of benzene rings is 2. The number of nitro benzene ring substituents is 1. The van der Waals surface area contributed by atoms with Crippen LogP contribution >= 0.6 is 11.6 Å². The Morgan fingerprint density at radius 2 is 1.69 bits per heavy atom.